The zero-order valence-electron chi connectivity index (χ0n) is 20.6. The van der Waals surface area contributed by atoms with Crippen LogP contribution in [-0.4, -0.2) is 54.3 Å². The Labute approximate surface area is 211 Å². The van der Waals surface area contributed by atoms with E-state index in [2.05, 4.69) is 16.0 Å². The molecule has 3 N–H and O–H groups in total. The number of carbonyl (C=O) groups excluding carboxylic acids is 3. The maximum atomic E-state index is 13.8. The molecule has 1 aromatic carbocycles. The van der Waals surface area contributed by atoms with Crippen molar-refractivity contribution in [1.82, 2.24) is 15.5 Å². The van der Waals surface area contributed by atoms with Crippen molar-refractivity contribution in [2.45, 2.75) is 70.0 Å². The summed E-state index contributed by atoms with van der Waals surface area (Å²) < 4.78 is 0. The second kappa shape index (κ2) is 11.8. The van der Waals surface area contributed by atoms with Crippen molar-refractivity contribution in [3.05, 3.63) is 41.8 Å². The summed E-state index contributed by atoms with van der Waals surface area (Å²) in [4.78, 5) is 42.6. The molecule has 2 aromatic rings. The number of thiophene rings is 1. The van der Waals surface area contributed by atoms with E-state index in [-0.39, 0.29) is 29.7 Å². The third-order valence-electron chi connectivity index (χ3n) is 7.31. The molecule has 4 rings (SSSR count). The first-order chi connectivity index (χ1) is 17.0. The minimum Gasteiger partial charge on any atom is -0.343 e. The van der Waals surface area contributed by atoms with Crippen molar-refractivity contribution in [2.75, 3.05) is 18.9 Å². The molecule has 2 aliphatic rings. The van der Waals surface area contributed by atoms with Crippen LogP contribution in [0.25, 0.3) is 10.4 Å². The maximum absolute atomic E-state index is 13.8. The number of carbonyl (C=O) groups is 3. The van der Waals surface area contributed by atoms with E-state index in [9.17, 15) is 14.4 Å². The van der Waals surface area contributed by atoms with Gasteiger partial charge in [-0.3, -0.25) is 14.4 Å². The molecule has 1 aliphatic heterocycles. The van der Waals surface area contributed by atoms with Crippen LogP contribution in [0.5, 0.6) is 0 Å². The van der Waals surface area contributed by atoms with Gasteiger partial charge < -0.3 is 20.9 Å². The summed E-state index contributed by atoms with van der Waals surface area (Å²) >= 11 is 1.58. The average molecular weight is 497 g/mol. The maximum Gasteiger partial charge on any atom is 0.247 e. The first-order valence-electron chi connectivity index (χ1n) is 12.7. The Hall–Kier alpha value is -2.71. The predicted molar refractivity (Wildman–Crippen MR) is 140 cm³/mol. The highest BCUT2D eigenvalue weighted by atomic mass is 32.1. The lowest BCUT2D eigenvalue weighted by molar-refractivity contribution is -0.142. The third-order valence-corrected chi connectivity index (χ3v) is 8.27. The van der Waals surface area contributed by atoms with E-state index in [0.29, 0.717) is 13.0 Å². The van der Waals surface area contributed by atoms with Crippen molar-refractivity contribution in [3.8, 4) is 10.4 Å². The molecule has 8 heteroatoms. The van der Waals surface area contributed by atoms with Crippen LogP contribution in [0.2, 0.25) is 0 Å². The molecule has 0 unspecified atom stereocenters. The minimum atomic E-state index is -0.590. The second-order valence-electron chi connectivity index (χ2n) is 9.60. The first kappa shape index (κ1) is 25.4. The lowest BCUT2D eigenvalue weighted by atomic mass is 9.83. The van der Waals surface area contributed by atoms with Crippen LogP contribution in [0.1, 0.15) is 51.9 Å². The molecule has 3 atom stereocenters. The number of hydrogen-bond donors (Lipinski definition) is 3. The van der Waals surface area contributed by atoms with E-state index in [1.807, 2.05) is 41.8 Å². The molecule has 1 aromatic heterocycles. The standard InChI is InChI=1S/C27H36N4O3S/c1-18(28-2)25(32)30-23(19-10-5-3-6-11-19)27(34)31-16-9-14-22(31)26(33)29-21-15-17-35-24(21)20-12-7-4-8-13-20/h4,7-8,12-13,15,17-19,22-23,28H,3,5-6,9-11,14,16H2,1-2H3,(H,29,33)(H,30,32)/t18-,22-,23-/m0/s1. The first-order valence-corrected chi connectivity index (χ1v) is 13.6. The molecule has 0 radical (unpaired) electrons. The lowest BCUT2D eigenvalue weighted by Gasteiger charge is -2.35. The molecule has 2 fully saturated rings. The molecule has 2 heterocycles. The van der Waals surface area contributed by atoms with Gasteiger partial charge >= 0.3 is 0 Å². The molecule has 1 saturated heterocycles. The quantitative estimate of drug-likeness (QED) is 0.515. The van der Waals surface area contributed by atoms with Crippen molar-refractivity contribution >= 4 is 34.7 Å². The predicted octanol–water partition coefficient (Wildman–Crippen LogP) is 4.02. The van der Waals surface area contributed by atoms with Gasteiger partial charge in [0.2, 0.25) is 17.7 Å². The van der Waals surface area contributed by atoms with Gasteiger partial charge in [-0.25, -0.2) is 0 Å². The van der Waals surface area contributed by atoms with Gasteiger partial charge in [-0.1, -0.05) is 49.6 Å². The number of rotatable bonds is 8. The lowest BCUT2D eigenvalue weighted by Crippen LogP contribution is -2.57. The molecule has 1 saturated carbocycles. The molecule has 188 valence electrons. The summed E-state index contributed by atoms with van der Waals surface area (Å²) in [5.41, 5.74) is 1.82. The summed E-state index contributed by atoms with van der Waals surface area (Å²) in [7, 11) is 1.73. The van der Waals surface area contributed by atoms with E-state index >= 15 is 0 Å². The zero-order chi connectivity index (χ0) is 24.8. The second-order valence-corrected chi connectivity index (χ2v) is 10.5. The average Bonchev–Trinajstić information content (AvgIpc) is 3.57. The van der Waals surface area contributed by atoms with Crippen molar-refractivity contribution in [1.29, 1.82) is 0 Å². The molecule has 7 nitrogen and oxygen atoms in total. The Balaban J connectivity index is 1.50. The summed E-state index contributed by atoms with van der Waals surface area (Å²) in [5, 5.41) is 11.0. The van der Waals surface area contributed by atoms with Gasteiger partial charge in [0.1, 0.15) is 12.1 Å². The van der Waals surface area contributed by atoms with Gasteiger partial charge in [-0.15, -0.1) is 11.3 Å². The summed E-state index contributed by atoms with van der Waals surface area (Å²) in [5.74, 6) is -0.360. The largest absolute Gasteiger partial charge is 0.343 e. The van der Waals surface area contributed by atoms with Gasteiger partial charge in [-0.05, 0) is 62.6 Å². The van der Waals surface area contributed by atoms with Crippen LogP contribution in [0.15, 0.2) is 41.8 Å². The van der Waals surface area contributed by atoms with Crippen molar-refractivity contribution in [2.24, 2.45) is 5.92 Å². The third kappa shape index (κ3) is 5.93. The summed E-state index contributed by atoms with van der Waals surface area (Å²) in [6.07, 6.45) is 6.54. The number of benzene rings is 1. The van der Waals surface area contributed by atoms with Crippen LogP contribution in [0, 0.1) is 5.92 Å². The monoisotopic (exact) mass is 496 g/mol. The van der Waals surface area contributed by atoms with Crippen LogP contribution in [-0.2, 0) is 14.4 Å². The van der Waals surface area contributed by atoms with E-state index < -0.39 is 12.1 Å². The molecule has 0 bridgehead atoms. The van der Waals surface area contributed by atoms with Gasteiger partial charge in [-0.2, -0.15) is 0 Å². The highest BCUT2D eigenvalue weighted by Crippen LogP contribution is 2.34. The van der Waals surface area contributed by atoms with Gasteiger partial charge in [0.05, 0.1) is 16.6 Å². The number of likely N-dealkylation sites (N-methyl/N-ethyl adjacent to an activating group) is 1. The number of amides is 3. The highest BCUT2D eigenvalue weighted by Gasteiger charge is 2.41. The molecular weight excluding hydrogens is 460 g/mol. The molecular formula is C27H36N4O3S. The van der Waals surface area contributed by atoms with Crippen LogP contribution >= 0.6 is 11.3 Å². The van der Waals surface area contributed by atoms with Crippen LogP contribution in [0.3, 0.4) is 0 Å². The van der Waals surface area contributed by atoms with Crippen molar-refractivity contribution < 1.29 is 14.4 Å². The van der Waals surface area contributed by atoms with Gasteiger partial charge in [0.15, 0.2) is 0 Å². The molecule has 1 aliphatic carbocycles. The smallest absolute Gasteiger partial charge is 0.247 e. The summed E-state index contributed by atoms with van der Waals surface area (Å²) in [6, 6.07) is 10.4. The van der Waals surface area contributed by atoms with Gasteiger partial charge in [0.25, 0.3) is 0 Å². The van der Waals surface area contributed by atoms with E-state index in [1.54, 1.807) is 30.2 Å². The number of nitrogens with one attached hydrogen (secondary N) is 3. The number of nitrogens with zero attached hydrogens (tertiary/aromatic N) is 1. The minimum absolute atomic E-state index is 0.107. The Morgan fingerprint density at radius 2 is 1.74 bits per heavy atom. The summed E-state index contributed by atoms with van der Waals surface area (Å²) in [6.45, 7) is 2.32. The van der Waals surface area contributed by atoms with E-state index in [1.165, 1.54) is 0 Å². The van der Waals surface area contributed by atoms with Crippen LogP contribution < -0.4 is 16.0 Å². The molecule has 0 spiro atoms. The Bertz CT molecular complexity index is 1020. The fourth-order valence-electron chi connectivity index (χ4n) is 5.18. The normalized spacial score (nSPS) is 20.3. The van der Waals surface area contributed by atoms with Crippen molar-refractivity contribution in [3.63, 3.8) is 0 Å². The Morgan fingerprint density at radius 1 is 1.00 bits per heavy atom. The number of hydrogen-bond acceptors (Lipinski definition) is 5. The molecule has 35 heavy (non-hydrogen) atoms. The Kier molecular flexibility index (Phi) is 8.57. The van der Waals surface area contributed by atoms with Crippen LogP contribution in [0.4, 0.5) is 5.69 Å². The van der Waals surface area contributed by atoms with E-state index in [4.69, 9.17) is 0 Å². The number of likely N-dealkylation sites (tertiary alicyclic amines) is 1. The zero-order valence-corrected chi connectivity index (χ0v) is 21.4. The highest BCUT2D eigenvalue weighted by molar-refractivity contribution is 7.14. The number of anilines is 1. The topological polar surface area (TPSA) is 90.5 Å². The fourth-order valence-corrected chi connectivity index (χ4v) is 6.04. The molecule has 3 amide bonds. The Morgan fingerprint density at radius 3 is 2.46 bits per heavy atom. The van der Waals surface area contributed by atoms with E-state index in [0.717, 1.165) is 54.7 Å². The fraction of sp³-hybridized carbons (Fsp3) is 0.519. The van der Waals surface area contributed by atoms with Gasteiger partial charge in [0, 0.05) is 6.54 Å². The SMILES string of the molecule is CN[C@@H](C)C(=O)N[C@H](C(=O)N1CCC[C@H]1C(=O)Nc1ccsc1-c1ccccc1)C1CCCCC1.